The van der Waals surface area contributed by atoms with Crippen LogP contribution in [-0.4, -0.2) is 17.0 Å². The van der Waals surface area contributed by atoms with E-state index < -0.39 is 17.7 Å². The first kappa shape index (κ1) is 15.0. The van der Waals surface area contributed by atoms with Crippen LogP contribution in [0, 0.1) is 5.82 Å². The van der Waals surface area contributed by atoms with Gasteiger partial charge in [0.15, 0.2) is 0 Å². The van der Waals surface area contributed by atoms with Crippen molar-refractivity contribution in [3.8, 4) is 0 Å². The lowest BCUT2D eigenvalue weighted by molar-refractivity contribution is 0.0698. The third kappa shape index (κ3) is 3.19. The summed E-state index contributed by atoms with van der Waals surface area (Å²) in [6.07, 6.45) is 0. The van der Waals surface area contributed by atoms with Crippen LogP contribution < -0.4 is 11.1 Å². The molecule has 0 atom stereocenters. The zero-order valence-corrected chi connectivity index (χ0v) is 12.1. The van der Waals surface area contributed by atoms with Crippen LogP contribution in [0.1, 0.15) is 20.7 Å². The molecule has 2 aromatic carbocycles. The summed E-state index contributed by atoms with van der Waals surface area (Å²) < 4.78 is 13.6. The van der Waals surface area contributed by atoms with Crippen molar-refractivity contribution >= 4 is 39.2 Å². The van der Waals surface area contributed by atoms with E-state index >= 15 is 0 Å². The summed E-state index contributed by atoms with van der Waals surface area (Å²) in [5, 5.41) is 11.5. The second kappa shape index (κ2) is 5.92. The first-order chi connectivity index (χ1) is 9.90. The van der Waals surface area contributed by atoms with E-state index in [4.69, 9.17) is 10.8 Å². The molecule has 2 rings (SSSR count). The molecule has 0 bridgehead atoms. The van der Waals surface area contributed by atoms with Gasteiger partial charge < -0.3 is 16.2 Å². The molecule has 1 amide bonds. The number of nitrogen functional groups attached to an aromatic ring is 1. The number of amides is 1. The van der Waals surface area contributed by atoms with Gasteiger partial charge in [0.2, 0.25) is 0 Å². The summed E-state index contributed by atoms with van der Waals surface area (Å²) in [7, 11) is 0. The van der Waals surface area contributed by atoms with Gasteiger partial charge >= 0.3 is 5.97 Å². The predicted octanol–water partition coefficient (Wildman–Crippen LogP) is 3.12. The average molecular weight is 353 g/mol. The Bertz CT molecular complexity index is 734. The molecule has 2 aromatic rings. The summed E-state index contributed by atoms with van der Waals surface area (Å²) >= 11 is 3.17. The van der Waals surface area contributed by atoms with E-state index in [0.29, 0.717) is 4.47 Å². The van der Waals surface area contributed by atoms with E-state index in [1.807, 2.05) is 0 Å². The minimum Gasteiger partial charge on any atom is -0.478 e. The van der Waals surface area contributed by atoms with Crippen molar-refractivity contribution in [2.75, 3.05) is 11.1 Å². The zero-order valence-electron chi connectivity index (χ0n) is 10.6. The number of nitrogens with one attached hydrogen (secondary N) is 1. The summed E-state index contributed by atoms with van der Waals surface area (Å²) in [6, 6.07) is 7.84. The van der Waals surface area contributed by atoms with Crippen molar-refractivity contribution in [1.29, 1.82) is 0 Å². The molecule has 0 unspecified atom stereocenters. The standard InChI is InChI=1S/C14H10BrFN2O3/c15-10-3-1-2-8(14(20)21)12(10)18-13(19)9-6-7(16)4-5-11(9)17/h1-6H,17H2,(H,18,19)(H,20,21). The van der Waals surface area contributed by atoms with E-state index in [9.17, 15) is 14.0 Å². The topological polar surface area (TPSA) is 92.4 Å². The number of benzene rings is 2. The van der Waals surface area contributed by atoms with Gasteiger partial charge in [-0.05, 0) is 46.3 Å². The SMILES string of the molecule is Nc1ccc(F)cc1C(=O)Nc1c(Br)cccc1C(=O)O. The Morgan fingerprint density at radius 2 is 1.90 bits per heavy atom. The van der Waals surface area contributed by atoms with Crippen molar-refractivity contribution in [3.63, 3.8) is 0 Å². The van der Waals surface area contributed by atoms with Crippen molar-refractivity contribution < 1.29 is 19.1 Å². The smallest absolute Gasteiger partial charge is 0.337 e. The van der Waals surface area contributed by atoms with E-state index in [2.05, 4.69) is 21.2 Å². The first-order valence-corrected chi connectivity index (χ1v) is 6.57. The van der Waals surface area contributed by atoms with Crippen LogP contribution in [-0.2, 0) is 0 Å². The highest BCUT2D eigenvalue weighted by atomic mass is 79.9. The fourth-order valence-electron chi connectivity index (χ4n) is 1.74. The predicted molar refractivity (Wildman–Crippen MR) is 79.9 cm³/mol. The van der Waals surface area contributed by atoms with Gasteiger partial charge in [-0.3, -0.25) is 4.79 Å². The van der Waals surface area contributed by atoms with E-state index in [1.54, 1.807) is 6.07 Å². The molecule has 5 nitrogen and oxygen atoms in total. The Hall–Kier alpha value is -2.41. The third-order valence-electron chi connectivity index (χ3n) is 2.74. The van der Waals surface area contributed by atoms with Gasteiger partial charge in [0, 0.05) is 10.2 Å². The molecule has 0 aliphatic carbocycles. The fourth-order valence-corrected chi connectivity index (χ4v) is 2.20. The number of rotatable bonds is 3. The number of hydrogen-bond acceptors (Lipinski definition) is 3. The summed E-state index contributed by atoms with van der Waals surface area (Å²) in [5.74, 6) is -2.50. The van der Waals surface area contributed by atoms with Gasteiger partial charge in [0.25, 0.3) is 5.91 Å². The number of halogens is 2. The number of carbonyl (C=O) groups is 2. The van der Waals surface area contributed by atoms with Crippen molar-refractivity contribution in [2.45, 2.75) is 0 Å². The number of carbonyl (C=O) groups excluding carboxylic acids is 1. The van der Waals surface area contributed by atoms with Crippen LogP contribution in [0.5, 0.6) is 0 Å². The molecule has 0 saturated carbocycles. The van der Waals surface area contributed by atoms with Gasteiger partial charge in [-0.25, -0.2) is 9.18 Å². The van der Waals surface area contributed by atoms with Crippen LogP contribution >= 0.6 is 15.9 Å². The quantitative estimate of drug-likeness (QED) is 0.740. The molecule has 0 fully saturated rings. The number of hydrogen-bond donors (Lipinski definition) is 3. The van der Waals surface area contributed by atoms with Crippen molar-refractivity contribution in [2.24, 2.45) is 0 Å². The monoisotopic (exact) mass is 352 g/mol. The van der Waals surface area contributed by atoms with Gasteiger partial charge in [0.1, 0.15) is 5.82 Å². The van der Waals surface area contributed by atoms with E-state index in [1.165, 1.54) is 18.2 Å². The van der Waals surface area contributed by atoms with Gasteiger partial charge in [-0.15, -0.1) is 0 Å². The Balaban J connectivity index is 2.41. The fraction of sp³-hybridized carbons (Fsp3) is 0. The molecule has 21 heavy (non-hydrogen) atoms. The lowest BCUT2D eigenvalue weighted by Crippen LogP contribution is -2.17. The maximum absolute atomic E-state index is 13.2. The van der Waals surface area contributed by atoms with Gasteiger partial charge in [0.05, 0.1) is 16.8 Å². The number of para-hydroxylation sites is 1. The second-order valence-electron chi connectivity index (χ2n) is 4.15. The molecular formula is C14H10BrFN2O3. The summed E-state index contributed by atoms with van der Waals surface area (Å²) in [5.41, 5.74) is 5.64. The lowest BCUT2D eigenvalue weighted by Gasteiger charge is -2.11. The van der Waals surface area contributed by atoms with Crippen molar-refractivity contribution in [3.05, 3.63) is 57.8 Å². The number of anilines is 2. The molecule has 4 N–H and O–H groups in total. The normalized spacial score (nSPS) is 10.2. The molecule has 0 aliphatic heterocycles. The van der Waals surface area contributed by atoms with Crippen molar-refractivity contribution in [1.82, 2.24) is 0 Å². The van der Waals surface area contributed by atoms with Crippen LogP contribution in [0.4, 0.5) is 15.8 Å². The first-order valence-electron chi connectivity index (χ1n) is 5.78. The zero-order chi connectivity index (χ0) is 15.6. The summed E-state index contributed by atoms with van der Waals surface area (Å²) in [6.45, 7) is 0. The highest BCUT2D eigenvalue weighted by molar-refractivity contribution is 9.10. The molecule has 0 radical (unpaired) electrons. The van der Waals surface area contributed by atoms with Gasteiger partial charge in [-0.1, -0.05) is 6.07 Å². The number of carboxylic acids is 1. The maximum Gasteiger partial charge on any atom is 0.337 e. The second-order valence-corrected chi connectivity index (χ2v) is 5.01. The number of carboxylic acid groups (broad SMARTS) is 1. The third-order valence-corrected chi connectivity index (χ3v) is 3.40. The Kier molecular flexibility index (Phi) is 4.23. The van der Waals surface area contributed by atoms with E-state index in [-0.39, 0.29) is 22.5 Å². The molecule has 0 aromatic heterocycles. The molecular weight excluding hydrogens is 343 g/mol. The molecule has 108 valence electrons. The van der Waals surface area contributed by atoms with Gasteiger partial charge in [-0.2, -0.15) is 0 Å². The summed E-state index contributed by atoms with van der Waals surface area (Å²) in [4.78, 5) is 23.3. The number of nitrogens with two attached hydrogens (primary N) is 1. The molecule has 0 spiro atoms. The largest absolute Gasteiger partial charge is 0.478 e. The maximum atomic E-state index is 13.2. The van der Waals surface area contributed by atoms with Crippen LogP contribution in [0.2, 0.25) is 0 Å². The number of aromatic carboxylic acids is 1. The minimum absolute atomic E-state index is 0.0675. The molecule has 7 heteroatoms. The Morgan fingerprint density at radius 1 is 1.19 bits per heavy atom. The molecule has 0 aliphatic rings. The minimum atomic E-state index is -1.20. The molecule has 0 saturated heterocycles. The Labute approximate surface area is 127 Å². The van der Waals surface area contributed by atoms with E-state index in [0.717, 1.165) is 12.1 Å². The lowest BCUT2D eigenvalue weighted by atomic mass is 10.1. The van der Waals surface area contributed by atoms with Crippen LogP contribution in [0.25, 0.3) is 0 Å². The van der Waals surface area contributed by atoms with Crippen LogP contribution in [0.3, 0.4) is 0 Å². The molecule has 0 heterocycles. The van der Waals surface area contributed by atoms with Crippen LogP contribution in [0.15, 0.2) is 40.9 Å². The highest BCUT2D eigenvalue weighted by Gasteiger charge is 2.17. The Morgan fingerprint density at radius 3 is 2.57 bits per heavy atom. The average Bonchev–Trinajstić information content (AvgIpc) is 2.43. The highest BCUT2D eigenvalue weighted by Crippen LogP contribution is 2.27.